The Hall–Kier alpha value is -0.730. The highest BCUT2D eigenvalue weighted by molar-refractivity contribution is 5.67. The van der Waals surface area contributed by atoms with Crippen LogP contribution in [0.4, 0.5) is 4.79 Å². The van der Waals surface area contributed by atoms with Gasteiger partial charge in [-0.3, -0.25) is 0 Å². The molecule has 0 aromatic heterocycles. The van der Waals surface area contributed by atoms with Gasteiger partial charge in [-0.25, -0.2) is 4.79 Å². The predicted octanol–water partition coefficient (Wildman–Crippen LogP) is 9.29. The molecule has 0 unspecified atom stereocenters. The number of unbranched alkanes of at least 4 members (excludes halogenated alkanes) is 17. The van der Waals surface area contributed by atoms with E-state index in [0.29, 0.717) is 6.61 Å². The quantitative estimate of drug-likeness (QED) is 0.153. The lowest BCUT2D eigenvalue weighted by Gasteiger charge is -2.22. The zero-order chi connectivity index (χ0) is 22.1. The normalized spacial score (nSPS) is 11.0. The van der Waals surface area contributed by atoms with E-state index in [1.165, 1.54) is 103 Å². The van der Waals surface area contributed by atoms with Gasteiger partial charge < -0.3 is 9.64 Å². The average molecular weight is 426 g/mol. The van der Waals surface area contributed by atoms with Crippen molar-refractivity contribution in [1.29, 1.82) is 0 Å². The zero-order valence-electron chi connectivity index (χ0n) is 21.0. The molecule has 1 amide bonds. The molecule has 0 aromatic carbocycles. The smallest absolute Gasteiger partial charge is 0.409 e. The van der Waals surface area contributed by atoms with E-state index in [2.05, 4.69) is 20.8 Å². The SMILES string of the molecule is CCCCCCCCCCCN(CCCCCCCCCCC)C(=O)OCCCC. The van der Waals surface area contributed by atoms with Gasteiger partial charge in [0.25, 0.3) is 0 Å². The Morgan fingerprint density at radius 1 is 0.500 bits per heavy atom. The van der Waals surface area contributed by atoms with E-state index in [1.807, 2.05) is 4.90 Å². The summed E-state index contributed by atoms with van der Waals surface area (Å²) in [5, 5.41) is 0. The first-order valence-electron chi connectivity index (χ1n) is 13.7. The Bertz CT molecular complexity index is 324. The number of hydrogen-bond donors (Lipinski definition) is 0. The Morgan fingerprint density at radius 3 is 1.20 bits per heavy atom. The summed E-state index contributed by atoms with van der Waals surface area (Å²) in [7, 11) is 0. The minimum atomic E-state index is -0.0809. The molecule has 180 valence electrons. The number of nitrogens with zero attached hydrogens (tertiary/aromatic N) is 1. The predicted molar refractivity (Wildman–Crippen MR) is 132 cm³/mol. The lowest BCUT2D eigenvalue weighted by Crippen LogP contribution is -2.33. The van der Waals surface area contributed by atoms with Crippen LogP contribution in [0.1, 0.15) is 149 Å². The lowest BCUT2D eigenvalue weighted by molar-refractivity contribution is 0.0994. The summed E-state index contributed by atoms with van der Waals surface area (Å²) in [6, 6.07) is 0. The molecule has 0 aliphatic carbocycles. The summed E-state index contributed by atoms with van der Waals surface area (Å²) in [6.07, 6.45) is 25.7. The Morgan fingerprint density at radius 2 is 0.833 bits per heavy atom. The van der Waals surface area contributed by atoms with Crippen LogP contribution >= 0.6 is 0 Å². The molecule has 3 heteroatoms. The summed E-state index contributed by atoms with van der Waals surface area (Å²) >= 11 is 0. The van der Waals surface area contributed by atoms with Crippen LogP contribution in [0, 0.1) is 0 Å². The van der Waals surface area contributed by atoms with Crippen LogP contribution in [0.2, 0.25) is 0 Å². The van der Waals surface area contributed by atoms with E-state index in [9.17, 15) is 4.79 Å². The number of hydrogen-bond acceptors (Lipinski definition) is 2. The molecule has 0 aromatic rings. The van der Waals surface area contributed by atoms with Crippen LogP contribution in [-0.4, -0.2) is 30.7 Å². The molecule has 0 spiro atoms. The third kappa shape index (κ3) is 20.5. The maximum Gasteiger partial charge on any atom is 0.409 e. The standard InChI is InChI=1S/C27H55NO2/c1-4-7-10-12-14-16-18-20-22-24-28(27(29)30-26-9-6-3)25-23-21-19-17-15-13-11-8-5-2/h4-26H2,1-3H3. The summed E-state index contributed by atoms with van der Waals surface area (Å²) in [5.41, 5.74) is 0. The fourth-order valence-corrected chi connectivity index (χ4v) is 3.92. The summed E-state index contributed by atoms with van der Waals surface area (Å²) in [5.74, 6) is 0. The van der Waals surface area contributed by atoms with Crippen LogP contribution in [0.15, 0.2) is 0 Å². The van der Waals surface area contributed by atoms with Crippen LogP contribution in [-0.2, 0) is 4.74 Å². The van der Waals surface area contributed by atoms with Gasteiger partial charge in [-0.05, 0) is 19.3 Å². The van der Waals surface area contributed by atoms with Crippen molar-refractivity contribution in [3.63, 3.8) is 0 Å². The minimum Gasteiger partial charge on any atom is -0.449 e. The van der Waals surface area contributed by atoms with Crippen molar-refractivity contribution >= 4 is 6.09 Å². The van der Waals surface area contributed by atoms with Gasteiger partial charge in [0.1, 0.15) is 0 Å². The maximum atomic E-state index is 12.5. The summed E-state index contributed by atoms with van der Waals surface area (Å²) in [6.45, 7) is 8.99. The number of carbonyl (C=O) groups excluding carboxylic acids is 1. The monoisotopic (exact) mass is 425 g/mol. The molecule has 0 aliphatic heterocycles. The van der Waals surface area contributed by atoms with Gasteiger partial charge in [-0.2, -0.15) is 0 Å². The molecule has 3 nitrogen and oxygen atoms in total. The van der Waals surface area contributed by atoms with Crippen LogP contribution < -0.4 is 0 Å². The molecule has 0 aliphatic rings. The summed E-state index contributed by atoms with van der Waals surface area (Å²) in [4.78, 5) is 14.4. The zero-order valence-corrected chi connectivity index (χ0v) is 21.0. The topological polar surface area (TPSA) is 29.5 Å². The van der Waals surface area contributed by atoms with E-state index in [4.69, 9.17) is 4.74 Å². The number of amides is 1. The van der Waals surface area contributed by atoms with E-state index >= 15 is 0 Å². The molecule has 0 radical (unpaired) electrons. The largest absolute Gasteiger partial charge is 0.449 e. The van der Waals surface area contributed by atoms with Crippen molar-refractivity contribution in [2.75, 3.05) is 19.7 Å². The highest BCUT2D eigenvalue weighted by atomic mass is 16.6. The molecule has 0 heterocycles. The van der Waals surface area contributed by atoms with Crippen molar-refractivity contribution in [3.05, 3.63) is 0 Å². The van der Waals surface area contributed by atoms with Crippen molar-refractivity contribution in [2.24, 2.45) is 0 Å². The molecule has 0 N–H and O–H groups in total. The first kappa shape index (κ1) is 29.3. The molecule has 0 saturated carbocycles. The number of rotatable bonds is 23. The van der Waals surface area contributed by atoms with Crippen molar-refractivity contribution < 1.29 is 9.53 Å². The van der Waals surface area contributed by atoms with Crippen LogP contribution in [0.3, 0.4) is 0 Å². The van der Waals surface area contributed by atoms with E-state index < -0.39 is 0 Å². The number of carbonyl (C=O) groups is 1. The highest BCUT2D eigenvalue weighted by Gasteiger charge is 2.14. The molecule has 0 bridgehead atoms. The minimum absolute atomic E-state index is 0.0809. The first-order valence-corrected chi connectivity index (χ1v) is 13.7. The first-order chi connectivity index (χ1) is 14.8. The second kappa shape index (κ2) is 24.5. The highest BCUT2D eigenvalue weighted by Crippen LogP contribution is 2.12. The molecule has 0 atom stereocenters. The fourth-order valence-electron chi connectivity index (χ4n) is 3.92. The maximum absolute atomic E-state index is 12.5. The van der Waals surface area contributed by atoms with Gasteiger partial charge in [0, 0.05) is 13.1 Å². The Labute approximate surface area is 189 Å². The molecular weight excluding hydrogens is 370 g/mol. The van der Waals surface area contributed by atoms with Crippen molar-refractivity contribution in [1.82, 2.24) is 4.90 Å². The lowest BCUT2D eigenvalue weighted by atomic mass is 10.1. The van der Waals surface area contributed by atoms with Crippen LogP contribution in [0.5, 0.6) is 0 Å². The Balaban J connectivity index is 3.90. The molecule has 30 heavy (non-hydrogen) atoms. The molecule has 0 rings (SSSR count). The second-order valence-corrected chi connectivity index (χ2v) is 9.11. The van der Waals surface area contributed by atoms with Crippen molar-refractivity contribution in [2.45, 2.75) is 149 Å². The van der Waals surface area contributed by atoms with E-state index in [1.54, 1.807) is 0 Å². The van der Waals surface area contributed by atoms with Crippen LogP contribution in [0.25, 0.3) is 0 Å². The Kier molecular flexibility index (Phi) is 23.9. The van der Waals surface area contributed by atoms with Crippen molar-refractivity contribution in [3.8, 4) is 0 Å². The van der Waals surface area contributed by atoms with Gasteiger partial charge in [-0.1, -0.05) is 130 Å². The van der Waals surface area contributed by atoms with Gasteiger partial charge in [0.2, 0.25) is 0 Å². The van der Waals surface area contributed by atoms with Gasteiger partial charge in [-0.15, -0.1) is 0 Å². The average Bonchev–Trinajstić information content (AvgIpc) is 2.75. The van der Waals surface area contributed by atoms with Gasteiger partial charge in [0.05, 0.1) is 6.61 Å². The van der Waals surface area contributed by atoms with Gasteiger partial charge in [0.15, 0.2) is 0 Å². The second-order valence-electron chi connectivity index (χ2n) is 9.11. The molecular formula is C27H55NO2. The fraction of sp³-hybridized carbons (Fsp3) is 0.963. The molecule has 0 fully saturated rings. The summed E-state index contributed by atoms with van der Waals surface area (Å²) < 4.78 is 5.50. The number of ether oxygens (including phenoxy) is 1. The van der Waals surface area contributed by atoms with E-state index in [0.717, 1.165) is 38.8 Å². The third-order valence-electron chi connectivity index (χ3n) is 6.04. The van der Waals surface area contributed by atoms with Gasteiger partial charge >= 0.3 is 6.09 Å². The molecule has 0 saturated heterocycles. The third-order valence-corrected chi connectivity index (χ3v) is 6.04. The van der Waals surface area contributed by atoms with E-state index in [-0.39, 0.29) is 6.09 Å².